The highest BCUT2D eigenvalue weighted by Crippen LogP contribution is 2.43. The average molecular weight is 428 g/mol. The molecule has 31 heavy (non-hydrogen) atoms. The van der Waals surface area contributed by atoms with Gasteiger partial charge in [0.05, 0.1) is 26.2 Å². The Kier molecular flexibility index (Phi) is 7.57. The molecule has 0 amide bonds. The third kappa shape index (κ3) is 5.77. The van der Waals surface area contributed by atoms with Crippen LogP contribution in [0.25, 0.3) is 0 Å². The van der Waals surface area contributed by atoms with Crippen molar-refractivity contribution >= 4 is 5.97 Å². The highest BCUT2D eigenvalue weighted by atomic mass is 16.5. The van der Waals surface area contributed by atoms with Crippen LogP contribution in [-0.4, -0.2) is 56.9 Å². The summed E-state index contributed by atoms with van der Waals surface area (Å²) in [5.41, 5.74) is 0.749. The fourth-order valence-electron chi connectivity index (χ4n) is 4.40. The Balaban J connectivity index is 1.68. The summed E-state index contributed by atoms with van der Waals surface area (Å²) < 4.78 is 16.3. The Morgan fingerprint density at radius 3 is 2.45 bits per heavy atom. The summed E-state index contributed by atoms with van der Waals surface area (Å²) in [6, 6.07) is 15.0. The third-order valence-electron chi connectivity index (χ3n) is 6.03. The number of carbonyl (C=O) groups excluding carboxylic acids is 1. The van der Waals surface area contributed by atoms with Crippen LogP contribution in [0.4, 0.5) is 0 Å². The molecule has 1 saturated carbocycles. The molecule has 3 atom stereocenters. The highest BCUT2D eigenvalue weighted by Gasteiger charge is 2.44. The lowest BCUT2D eigenvalue weighted by Crippen LogP contribution is -2.47. The Morgan fingerprint density at radius 1 is 1.10 bits per heavy atom. The SMILES string of the molecule is COc1ccc(CC(=O)OC2CCC(O)(c3cccc(OC)c3)C(CN(C)C)C2)cc1. The highest BCUT2D eigenvalue weighted by molar-refractivity contribution is 5.72. The molecular weight excluding hydrogens is 394 g/mol. The van der Waals surface area contributed by atoms with Gasteiger partial charge >= 0.3 is 5.97 Å². The predicted octanol–water partition coefficient (Wildman–Crippen LogP) is 3.41. The molecule has 2 aromatic rings. The summed E-state index contributed by atoms with van der Waals surface area (Å²) in [6.45, 7) is 0.695. The van der Waals surface area contributed by atoms with E-state index < -0.39 is 5.60 Å². The molecule has 0 radical (unpaired) electrons. The van der Waals surface area contributed by atoms with Gasteiger partial charge in [0.1, 0.15) is 17.6 Å². The largest absolute Gasteiger partial charge is 0.497 e. The van der Waals surface area contributed by atoms with Crippen molar-refractivity contribution in [3.63, 3.8) is 0 Å². The number of nitrogens with zero attached hydrogens (tertiary/aromatic N) is 1. The van der Waals surface area contributed by atoms with Crippen LogP contribution in [0, 0.1) is 5.92 Å². The lowest BCUT2D eigenvalue weighted by molar-refractivity contribution is -0.158. The van der Waals surface area contributed by atoms with Crippen molar-refractivity contribution < 1.29 is 24.1 Å². The molecule has 0 saturated heterocycles. The maximum Gasteiger partial charge on any atom is 0.310 e. The van der Waals surface area contributed by atoms with E-state index in [4.69, 9.17) is 14.2 Å². The number of methoxy groups -OCH3 is 2. The van der Waals surface area contributed by atoms with E-state index >= 15 is 0 Å². The van der Waals surface area contributed by atoms with E-state index in [-0.39, 0.29) is 24.4 Å². The molecule has 1 fully saturated rings. The average Bonchev–Trinajstić information content (AvgIpc) is 2.76. The van der Waals surface area contributed by atoms with E-state index in [1.807, 2.05) is 62.6 Å². The van der Waals surface area contributed by atoms with Gasteiger partial charge in [-0.3, -0.25) is 4.79 Å². The lowest BCUT2D eigenvalue weighted by atomic mass is 9.70. The first kappa shape index (κ1) is 23.1. The van der Waals surface area contributed by atoms with Crippen LogP contribution in [-0.2, 0) is 21.6 Å². The number of aliphatic hydroxyl groups is 1. The number of ether oxygens (including phenoxy) is 3. The Hall–Kier alpha value is -2.57. The Labute approximate surface area is 184 Å². The van der Waals surface area contributed by atoms with E-state index in [0.29, 0.717) is 25.8 Å². The molecular formula is C25H33NO5. The molecule has 1 aliphatic rings. The van der Waals surface area contributed by atoms with Gasteiger partial charge in [-0.2, -0.15) is 0 Å². The van der Waals surface area contributed by atoms with Crippen molar-refractivity contribution in [2.45, 2.75) is 37.4 Å². The second-order valence-corrected chi connectivity index (χ2v) is 8.53. The van der Waals surface area contributed by atoms with Gasteiger partial charge in [-0.1, -0.05) is 24.3 Å². The summed E-state index contributed by atoms with van der Waals surface area (Å²) in [6.07, 6.45) is 1.77. The zero-order valence-corrected chi connectivity index (χ0v) is 18.8. The standard InChI is InChI=1S/C25H33NO5/c1-26(2)17-20-16-23(31-24(27)14-18-8-10-21(29-3)11-9-18)12-13-25(20,28)19-6-5-7-22(15-19)30-4/h5-11,15,20,23,28H,12-14,16-17H2,1-4H3. The second-order valence-electron chi connectivity index (χ2n) is 8.53. The summed E-state index contributed by atoms with van der Waals surface area (Å²) >= 11 is 0. The van der Waals surface area contributed by atoms with Crippen LogP contribution in [0.5, 0.6) is 11.5 Å². The lowest BCUT2D eigenvalue weighted by Gasteiger charge is -2.44. The summed E-state index contributed by atoms with van der Waals surface area (Å²) in [7, 11) is 7.22. The number of hydrogen-bond donors (Lipinski definition) is 1. The maximum absolute atomic E-state index is 12.5. The molecule has 1 N–H and O–H groups in total. The van der Waals surface area contributed by atoms with Gasteiger partial charge < -0.3 is 24.2 Å². The second kappa shape index (κ2) is 10.2. The van der Waals surface area contributed by atoms with Gasteiger partial charge in [0.2, 0.25) is 0 Å². The van der Waals surface area contributed by atoms with E-state index in [1.165, 1.54) is 0 Å². The van der Waals surface area contributed by atoms with Crippen LogP contribution in [0.15, 0.2) is 48.5 Å². The molecule has 3 rings (SSSR count). The van der Waals surface area contributed by atoms with Gasteiger partial charge in [-0.15, -0.1) is 0 Å². The molecule has 0 aromatic heterocycles. The van der Waals surface area contributed by atoms with Crippen LogP contribution in [0.2, 0.25) is 0 Å². The third-order valence-corrected chi connectivity index (χ3v) is 6.03. The molecule has 0 aliphatic heterocycles. The first-order valence-electron chi connectivity index (χ1n) is 10.7. The quantitative estimate of drug-likeness (QED) is 0.651. The molecule has 2 aromatic carbocycles. The maximum atomic E-state index is 12.5. The Bertz CT molecular complexity index is 866. The van der Waals surface area contributed by atoms with E-state index in [0.717, 1.165) is 22.6 Å². The fourth-order valence-corrected chi connectivity index (χ4v) is 4.40. The van der Waals surface area contributed by atoms with Crippen molar-refractivity contribution in [2.24, 2.45) is 5.92 Å². The summed E-state index contributed by atoms with van der Waals surface area (Å²) in [5.74, 6) is 1.17. The number of hydrogen-bond acceptors (Lipinski definition) is 6. The topological polar surface area (TPSA) is 68.2 Å². The van der Waals surface area contributed by atoms with Crippen molar-refractivity contribution in [1.29, 1.82) is 0 Å². The number of benzene rings is 2. The predicted molar refractivity (Wildman–Crippen MR) is 119 cm³/mol. The van der Waals surface area contributed by atoms with Gasteiger partial charge in [-0.05, 0) is 68.8 Å². The minimum atomic E-state index is -0.988. The van der Waals surface area contributed by atoms with Crippen molar-refractivity contribution in [2.75, 3.05) is 34.9 Å². The zero-order valence-electron chi connectivity index (χ0n) is 18.8. The van der Waals surface area contributed by atoms with E-state index in [9.17, 15) is 9.90 Å². The summed E-state index contributed by atoms with van der Waals surface area (Å²) in [5, 5.41) is 11.7. The van der Waals surface area contributed by atoms with Gasteiger partial charge in [0.15, 0.2) is 0 Å². The van der Waals surface area contributed by atoms with Crippen molar-refractivity contribution in [3.05, 3.63) is 59.7 Å². The smallest absolute Gasteiger partial charge is 0.310 e. The minimum Gasteiger partial charge on any atom is -0.497 e. The number of esters is 1. The number of carbonyl (C=O) groups is 1. The van der Waals surface area contributed by atoms with E-state index in [2.05, 4.69) is 4.90 Å². The molecule has 168 valence electrons. The van der Waals surface area contributed by atoms with Crippen LogP contribution in [0.3, 0.4) is 0 Å². The van der Waals surface area contributed by atoms with Crippen LogP contribution in [0.1, 0.15) is 30.4 Å². The molecule has 6 heteroatoms. The first-order chi connectivity index (χ1) is 14.8. The molecule has 0 heterocycles. The molecule has 6 nitrogen and oxygen atoms in total. The van der Waals surface area contributed by atoms with Crippen LogP contribution < -0.4 is 9.47 Å². The number of rotatable bonds is 8. The van der Waals surface area contributed by atoms with Crippen molar-refractivity contribution in [1.82, 2.24) is 4.90 Å². The van der Waals surface area contributed by atoms with E-state index in [1.54, 1.807) is 14.2 Å². The first-order valence-corrected chi connectivity index (χ1v) is 10.7. The van der Waals surface area contributed by atoms with Gasteiger partial charge in [-0.25, -0.2) is 0 Å². The Morgan fingerprint density at radius 2 is 1.81 bits per heavy atom. The summed E-state index contributed by atoms with van der Waals surface area (Å²) in [4.78, 5) is 14.6. The minimum absolute atomic E-state index is 0.0675. The molecule has 0 bridgehead atoms. The van der Waals surface area contributed by atoms with Gasteiger partial charge in [0.25, 0.3) is 0 Å². The zero-order chi connectivity index (χ0) is 22.4. The molecule has 3 unspecified atom stereocenters. The van der Waals surface area contributed by atoms with Crippen LogP contribution >= 0.6 is 0 Å². The molecule has 0 spiro atoms. The van der Waals surface area contributed by atoms with Gasteiger partial charge in [0, 0.05) is 12.5 Å². The normalized spacial score (nSPS) is 23.4. The van der Waals surface area contributed by atoms with Crippen molar-refractivity contribution in [3.8, 4) is 11.5 Å². The molecule has 1 aliphatic carbocycles. The fraction of sp³-hybridized carbons (Fsp3) is 0.480. The monoisotopic (exact) mass is 427 g/mol.